The summed E-state index contributed by atoms with van der Waals surface area (Å²) < 4.78 is 0. The Hall–Kier alpha value is -0.0400. The summed E-state index contributed by atoms with van der Waals surface area (Å²) in [5.74, 6) is 0. The first-order valence-electron chi connectivity index (χ1n) is 4.11. The third-order valence-electron chi connectivity index (χ3n) is 3.39. The minimum absolute atomic E-state index is 0.764. The molecule has 2 atom stereocenters. The molecule has 1 nitrogen and oxygen atoms in total. The zero-order valence-corrected chi connectivity index (χ0v) is 6.11. The Labute approximate surface area is 56.8 Å². The van der Waals surface area contributed by atoms with Gasteiger partial charge in [0.25, 0.3) is 0 Å². The Morgan fingerprint density at radius 2 is 2.44 bits per heavy atom. The molecule has 2 rings (SSSR count). The molecule has 1 saturated carbocycles. The van der Waals surface area contributed by atoms with Crippen molar-refractivity contribution in [1.29, 1.82) is 0 Å². The van der Waals surface area contributed by atoms with E-state index < -0.39 is 0 Å². The van der Waals surface area contributed by atoms with Crippen LogP contribution in [-0.4, -0.2) is 12.6 Å². The van der Waals surface area contributed by atoms with Crippen molar-refractivity contribution in [2.75, 3.05) is 6.54 Å². The predicted octanol–water partition coefficient (Wildman–Crippen LogP) is 1.54. The molecule has 1 saturated heterocycles. The molecular weight excluding hydrogens is 110 g/mol. The van der Waals surface area contributed by atoms with Gasteiger partial charge in [-0.2, -0.15) is 0 Å². The fourth-order valence-electron chi connectivity index (χ4n) is 2.41. The summed E-state index contributed by atoms with van der Waals surface area (Å²) in [4.78, 5) is 0. The Morgan fingerprint density at radius 3 is 2.78 bits per heavy atom. The van der Waals surface area contributed by atoms with Crippen LogP contribution in [0, 0.1) is 5.41 Å². The lowest BCUT2D eigenvalue weighted by Crippen LogP contribution is -2.45. The van der Waals surface area contributed by atoms with Gasteiger partial charge in [0.05, 0.1) is 0 Å². The van der Waals surface area contributed by atoms with E-state index in [0.29, 0.717) is 0 Å². The van der Waals surface area contributed by atoms with Crippen molar-refractivity contribution in [2.24, 2.45) is 5.41 Å². The Balaban J connectivity index is 2.10. The molecule has 0 aromatic heterocycles. The van der Waals surface area contributed by atoms with E-state index in [0.717, 1.165) is 11.5 Å². The molecule has 2 unspecified atom stereocenters. The van der Waals surface area contributed by atoms with Crippen molar-refractivity contribution in [1.82, 2.24) is 5.32 Å². The number of hydrogen-bond acceptors (Lipinski definition) is 1. The van der Waals surface area contributed by atoms with Gasteiger partial charge in [0.1, 0.15) is 0 Å². The van der Waals surface area contributed by atoms with E-state index in [1.165, 1.54) is 32.2 Å². The summed E-state index contributed by atoms with van der Waals surface area (Å²) >= 11 is 0. The van der Waals surface area contributed by atoms with Crippen LogP contribution < -0.4 is 5.32 Å². The maximum Gasteiger partial charge on any atom is 0.0124 e. The van der Waals surface area contributed by atoms with E-state index in [4.69, 9.17) is 0 Å². The van der Waals surface area contributed by atoms with Crippen molar-refractivity contribution in [3.05, 3.63) is 0 Å². The Bertz CT molecular complexity index is 118. The minimum Gasteiger partial charge on any atom is -0.313 e. The van der Waals surface area contributed by atoms with Crippen LogP contribution in [-0.2, 0) is 0 Å². The average molecular weight is 125 g/mol. The molecule has 0 spiro atoms. The summed E-state index contributed by atoms with van der Waals surface area (Å²) in [6, 6.07) is 0.905. The van der Waals surface area contributed by atoms with E-state index in [1.54, 1.807) is 0 Å². The van der Waals surface area contributed by atoms with Gasteiger partial charge in [-0.1, -0.05) is 6.92 Å². The highest BCUT2D eigenvalue weighted by atomic mass is 15.0. The van der Waals surface area contributed by atoms with E-state index in [9.17, 15) is 0 Å². The first-order chi connectivity index (χ1) is 4.37. The van der Waals surface area contributed by atoms with E-state index in [1.807, 2.05) is 0 Å². The van der Waals surface area contributed by atoms with Crippen LogP contribution in [0.4, 0.5) is 0 Å². The highest BCUT2D eigenvalue weighted by Crippen LogP contribution is 2.49. The molecule has 1 heteroatoms. The number of rotatable bonds is 1. The van der Waals surface area contributed by atoms with Gasteiger partial charge < -0.3 is 5.32 Å². The number of nitrogens with one attached hydrogen (secondary N) is 1. The molecule has 1 N–H and O–H groups in total. The standard InChI is InChI=1S/C8H15N/c1-2-8-4-3-7(8)9-6-5-8/h7,9H,2-6H2,1H3. The van der Waals surface area contributed by atoms with Crippen molar-refractivity contribution in [3.63, 3.8) is 0 Å². The molecule has 0 amide bonds. The summed E-state index contributed by atoms with van der Waals surface area (Å²) in [7, 11) is 0. The fourth-order valence-corrected chi connectivity index (χ4v) is 2.41. The molecule has 2 aliphatic rings. The Morgan fingerprint density at radius 1 is 1.56 bits per heavy atom. The molecular formula is C8H15N. The largest absolute Gasteiger partial charge is 0.313 e. The summed E-state index contributed by atoms with van der Waals surface area (Å²) in [6.45, 7) is 3.61. The first kappa shape index (κ1) is 5.72. The molecule has 2 fully saturated rings. The van der Waals surface area contributed by atoms with Gasteiger partial charge in [-0.3, -0.25) is 0 Å². The number of hydrogen-bond donors (Lipinski definition) is 1. The monoisotopic (exact) mass is 125 g/mol. The van der Waals surface area contributed by atoms with Gasteiger partial charge >= 0.3 is 0 Å². The normalized spacial score (nSPS) is 48.3. The lowest BCUT2D eigenvalue weighted by atomic mass is 9.63. The van der Waals surface area contributed by atoms with Crippen LogP contribution in [0.15, 0.2) is 0 Å². The zero-order valence-electron chi connectivity index (χ0n) is 6.11. The topological polar surface area (TPSA) is 12.0 Å². The molecule has 0 aromatic rings. The third-order valence-corrected chi connectivity index (χ3v) is 3.39. The van der Waals surface area contributed by atoms with Crippen LogP contribution >= 0.6 is 0 Å². The molecule has 52 valence electrons. The molecule has 0 radical (unpaired) electrons. The third kappa shape index (κ3) is 0.586. The summed E-state index contributed by atoms with van der Waals surface area (Å²) in [5, 5.41) is 3.55. The molecule has 1 aliphatic carbocycles. The maximum absolute atomic E-state index is 3.55. The second kappa shape index (κ2) is 1.72. The van der Waals surface area contributed by atoms with E-state index >= 15 is 0 Å². The highest BCUT2D eigenvalue weighted by Gasteiger charge is 2.47. The fraction of sp³-hybridized carbons (Fsp3) is 1.00. The van der Waals surface area contributed by atoms with E-state index in [-0.39, 0.29) is 0 Å². The first-order valence-corrected chi connectivity index (χ1v) is 4.11. The SMILES string of the molecule is CCC12CCNC1CC2. The smallest absolute Gasteiger partial charge is 0.0124 e. The van der Waals surface area contributed by atoms with Crippen molar-refractivity contribution >= 4 is 0 Å². The molecule has 0 bridgehead atoms. The van der Waals surface area contributed by atoms with Crippen LogP contribution in [0.3, 0.4) is 0 Å². The van der Waals surface area contributed by atoms with Gasteiger partial charge in [0.2, 0.25) is 0 Å². The lowest BCUT2D eigenvalue weighted by Gasteiger charge is -2.44. The van der Waals surface area contributed by atoms with E-state index in [2.05, 4.69) is 12.2 Å². The number of fused-ring (bicyclic) bond motifs is 1. The average Bonchev–Trinajstić information content (AvgIpc) is 2.10. The van der Waals surface area contributed by atoms with Crippen LogP contribution in [0.25, 0.3) is 0 Å². The molecule has 1 heterocycles. The van der Waals surface area contributed by atoms with Gasteiger partial charge in [-0.25, -0.2) is 0 Å². The van der Waals surface area contributed by atoms with Gasteiger partial charge in [0, 0.05) is 6.04 Å². The van der Waals surface area contributed by atoms with Gasteiger partial charge in [0.15, 0.2) is 0 Å². The predicted molar refractivity (Wildman–Crippen MR) is 38.4 cm³/mol. The van der Waals surface area contributed by atoms with Crippen molar-refractivity contribution in [3.8, 4) is 0 Å². The quantitative estimate of drug-likeness (QED) is 0.560. The highest BCUT2D eigenvalue weighted by molar-refractivity contribution is 5.04. The van der Waals surface area contributed by atoms with Crippen LogP contribution in [0.1, 0.15) is 32.6 Å². The van der Waals surface area contributed by atoms with Crippen molar-refractivity contribution in [2.45, 2.75) is 38.6 Å². The van der Waals surface area contributed by atoms with Gasteiger partial charge in [-0.15, -0.1) is 0 Å². The molecule has 1 aliphatic heterocycles. The van der Waals surface area contributed by atoms with Crippen LogP contribution in [0.2, 0.25) is 0 Å². The Kier molecular flexibility index (Phi) is 1.10. The zero-order chi connectivity index (χ0) is 6.32. The molecule has 9 heavy (non-hydrogen) atoms. The van der Waals surface area contributed by atoms with Crippen molar-refractivity contribution < 1.29 is 0 Å². The summed E-state index contributed by atoms with van der Waals surface area (Å²) in [5.41, 5.74) is 0.764. The molecule has 0 aromatic carbocycles. The minimum atomic E-state index is 0.764. The lowest BCUT2D eigenvalue weighted by molar-refractivity contribution is 0.108. The second-order valence-corrected chi connectivity index (χ2v) is 3.51. The second-order valence-electron chi connectivity index (χ2n) is 3.51. The van der Waals surface area contributed by atoms with Gasteiger partial charge in [-0.05, 0) is 37.6 Å². The maximum atomic E-state index is 3.55. The van der Waals surface area contributed by atoms with Crippen LogP contribution in [0.5, 0.6) is 0 Å². The summed E-state index contributed by atoms with van der Waals surface area (Å²) in [6.07, 6.45) is 5.76.